The monoisotopic (exact) mass is 470 g/mol. The second-order valence-corrected chi connectivity index (χ2v) is 9.78. The van der Waals surface area contributed by atoms with E-state index >= 15 is 0 Å². The lowest BCUT2D eigenvalue weighted by molar-refractivity contribution is -0.179. The molecule has 1 amide bonds. The first-order chi connectivity index (χ1) is 15.5. The summed E-state index contributed by atoms with van der Waals surface area (Å²) >= 11 is 7.87. The maximum absolute atomic E-state index is 13.5. The van der Waals surface area contributed by atoms with Gasteiger partial charge in [0.15, 0.2) is 0 Å². The largest absolute Gasteiger partial charge is 0.469 e. The molecular weight excluding hydrogens is 448 g/mol. The van der Waals surface area contributed by atoms with Crippen LogP contribution in [0.2, 0.25) is 5.02 Å². The van der Waals surface area contributed by atoms with Crippen LogP contribution in [-0.2, 0) is 19.1 Å². The number of para-hydroxylation sites is 1. The van der Waals surface area contributed by atoms with Gasteiger partial charge in [-0.3, -0.25) is 9.59 Å². The van der Waals surface area contributed by atoms with E-state index in [0.29, 0.717) is 17.5 Å². The van der Waals surface area contributed by atoms with Crippen LogP contribution in [0.5, 0.6) is 0 Å². The fraction of sp³-hybridized carbons (Fsp3) is 0.375. The third kappa shape index (κ3) is 4.25. The minimum absolute atomic E-state index is 0.125. The molecule has 6 nitrogen and oxygen atoms in total. The molecule has 2 aromatic carbocycles. The van der Waals surface area contributed by atoms with E-state index in [1.165, 1.54) is 7.11 Å². The molecule has 0 bridgehead atoms. The molecule has 2 aliphatic rings. The van der Waals surface area contributed by atoms with Gasteiger partial charge < -0.3 is 14.4 Å². The zero-order valence-electron chi connectivity index (χ0n) is 17.6. The van der Waals surface area contributed by atoms with E-state index in [4.69, 9.17) is 26.1 Å². The van der Waals surface area contributed by atoms with E-state index in [1.807, 2.05) is 47.4 Å². The van der Waals surface area contributed by atoms with Crippen LogP contribution in [0.4, 0.5) is 0 Å². The maximum Gasteiger partial charge on any atom is 0.308 e. The lowest BCUT2D eigenvalue weighted by Crippen LogP contribution is -2.52. The number of esters is 1. The molecule has 32 heavy (non-hydrogen) atoms. The standard InChI is InChI=1S/C24H23ClN2O4S/c1-30-20(28)12-18-24(29)27(13-14-9-10-14)21(22(31-18)15-5-4-6-16(25)11-15)23-26-17-7-2-3-8-19(17)32-23/h2-8,11,14,18,21-22H,9-10,12-13H2,1H3/t18-,21-,22+/m0/s1. The minimum atomic E-state index is -0.907. The predicted molar refractivity (Wildman–Crippen MR) is 122 cm³/mol. The van der Waals surface area contributed by atoms with Crippen molar-refractivity contribution < 1.29 is 19.1 Å². The third-order valence-electron chi connectivity index (χ3n) is 5.96. The normalized spacial score (nSPS) is 23.5. The van der Waals surface area contributed by atoms with Crippen LogP contribution in [0.3, 0.4) is 0 Å². The highest BCUT2D eigenvalue weighted by atomic mass is 35.5. The van der Waals surface area contributed by atoms with Crippen LogP contribution in [0.1, 0.15) is 42.0 Å². The van der Waals surface area contributed by atoms with Crippen LogP contribution >= 0.6 is 22.9 Å². The highest BCUT2D eigenvalue weighted by molar-refractivity contribution is 7.18. The van der Waals surface area contributed by atoms with Gasteiger partial charge in [0.2, 0.25) is 0 Å². The van der Waals surface area contributed by atoms with E-state index in [9.17, 15) is 9.59 Å². The molecule has 1 aliphatic heterocycles. The molecule has 0 unspecified atom stereocenters. The number of carbonyl (C=O) groups is 2. The molecule has 1 aromatic heterocycles. The molecule has 2 heterocycles. The lowest BCUT2D eigenvalue weighted by Gasteiger charge is -2.43. The molecule has 1 saturated carbocycles. The summed E-state index contributed by atoms with van der Waals surface area (Å²) in [6.45, 7) is 0.623. The van der Waals surface area contributed by atoms with Crippen LogP contribution in [0.25, 0.3) is 10.2 Å². The average Bonchev–Trinajstić information content (AvgIpc) is 3.51. The Bertz CT molecular complexity index is 1130. The predicted octanol–water partition coefficient (Wildman–Crippen LogP) is 4.93. The van der Waals surface area contributed by atoms with Crippen LogP contribution in [0.15, 0.2) is 48.5 Å². The number of halogens is 1. The number of thiazole rings is 1. The highest BCUT2D eigenvalue weighted by Crippen LogP contribution is 2.46. The number of carbonyl (C=O) groups excluding carboxylic acids is 2. The number of aromatic nitrogens is 1. The Morgan fingerprint density at radius 2 is 2.06 bits per heavy atom. The lowest BCUT2D eigenvalue weighted by atomic mass is 9.96. The molecule has 1 saturated heterocycles. The van der Waals surface area contributed by atoms with Crippen molar-refractivity contribution in [3.63, 3.8) is 0 Å². The first kappa shape index (κ1) is 21.4. The summed E-state index contributed by atoms with van der Waals surface area (Å²) in [6, 6.07) is 15.0. The number of nitrogens with zero attached hydrogens (tertiary/aromatic N) is 2. The van der Waals surface area contributed by atoms with Crippen LogP contribution in [-0.4, -0.2) is 41.5 Å². The van der Waals surface area contributed by atoms with E-state index in [2.05, 4.69) is 0 Å². The zero-order chi connectivity index (χ0) is 22.2. The summed E-state index contributed by atoms with van der Waals surface area (Å²) in [5.41, 5.74) is 1.75. The first-order valence-electron chi connectivity index (χ1n) is 10.7. The van der Waals surface area contributed by atoms with Crippen molar-refractivity contribution in [2.75, 3.05) is 13.7 Å². The number of benzene rings is 2. The van der Waals surface area contributed by atoms with Crippen molar-refractivity contribution in [3.8, 4) is 0 Å². The van der Waals surface area contributed by atoms with Crippen molar-refractivity contribution in [1.82, 2.24) is 9.88 Å². The van der Waals surface area contributed by atoms with Crippen LogP contribution < -0.4 is 0 Å². The third-order valence-corrected chi connectivity index (χ3v) is 7.31. The van der Waals surface area contributed by atoms with Gasteiger partial charge >= 0.3 is 5.97 Å². The first-order valence-corrected chi connectivity index (χ1v) is 11.9. The molecule has 0 spiro atoms. The zero-order valence-corrected chi connectivity index (χ0v) is 19.1. The SMILES string of the molecule is COC(=O)C[C@@H]1O[C@H](c2cccc(Cl)c2)[C@@H](c2nc3ccccc3s2)N(CC2CC2)C1=O. The molecule has 2 fully saturated rings. The fourth-order valence-electron chi connectivity index (χ4n) is 4.17. The molecule has 1 aliphatic carbocycles. The van der Waals surface area contributed by atoms with Gasteiger partial charge in [0.05, 0.1) is 23.7 Å². The summed E-state index contributed by atoms with van der Waals surface area (Å²) < 4.78 is 12.2. The quantitative estimate of drug-likeness (QED) is 0.477. The smallest absolute Gasteiger partial charge is 0.308 e. The van der Waals surface area contributed by atoms with Crippen molar-refractivity contribution in [3.05, 3.63) is 64.1 Å². The van der Waals surface area contributed by atoms with Gasteiger partial charge in [-0.25, -0.2) is 4.98 Å². The fourth-order valence-corrected chi connectivity index (χ4v) is 5.48. The Kier molecular flexibility index (Phi) is 5.88. The Labute approximate surface area is 195 Å². The van der Waals surface area contributed by atoms with Crippen molar-refractivity contribution in [2.24, 2.45) is 5.92 Å². The number of methoxy groups -OCH3 is 1. The summed E-state index contributed by atoms with van der Waals surface area (Å²) in [5.74, 6) is -0.199. The number of hydrogen-bond acceptors (Lipinski definition) is 6. The molecule has 0 N–H and O–H groups in total. The van der Waals surface area contributed by atoms with Crippen molar-refractivity contribution in [2.45, 2.75) is 37.5 Å². The molecule has 0 radical (unpaired) electrons. The Balaban J connectivity index is 1.61. The molecule has 166 valence electrons. The molecule has 3 atom stereocenters. The van der Waals surface area contributed by atoms with Gasteiger partial charge in [-0.15, -0.1) is 11.3 Å². The average molecular weight is 471 g/mol. The number of fused-ring (bicyclic) bond motifs is 1. The minimum Gasteiger partial charge on any atom is -0.469 e. The Hall–Kier alpha value is -2.48. The van der Waals surface area contributed by atoms with Gasteiger partial charge in [0.1, 0.15) is 23.3 Å². The highest BCUT2D eigenvalue weighted by Gasteiger charge is 2.47. The molecule has 3 aromatic rings. The van der Waals surface area contributed by atoms with Gasteiger partial charge in [-0.05, 0) is 48.6 Å². The molecular formula is C24H23ClN2O4S. The van der Waals surface area contributed by atoms with Crippen LogP contribution in [0, 0.1) is 5.92 Å². The van der Waals surface area contributed by atoms with E-state index in [-0.39, 0.29) is 12.3 Å². The van der Waals surface area contributed by atoms with Gasteiger partial charge in [-0.2, -0.15) is 0 Å². The number of hydrogen-bond donors (Lipinski definition) is 0. The second kappa shape index (κ2) is 8.81. The van der Waals surface area contributed by atoms with E-state index in [0.717, 1.165) is 33.6 Å². The number of amides is 1. The summed E-state index contributed by atoms with van der Waals surface area (Å²) in [6.07, 6.45) is 0.665. The van der Waals surface area contributed by atoms with Crippen molar-refractivity contribution >= 4 is 45.0 Å². The van der Waals surface area contributed by atoms with E-state index < -0.39 is 24.2 Å². The molecule has 8 heteroatoms. The number of rotatable bonds is 6. The Morgan fingerprint density at radius 1 is 1.25 bits per heavy atom. The van der Waals surface area contributed by atoms with Gasteiger partial charge in [-0.1, -0.05) is 35.9 Å². The second-order valence-electron chi connectivity index (χ2n) is 8.28. The van der Waals surface area contributed by atoms with Gasteiger partial charge in [0, 0.05) is 11.6 Å². The molecule has 5 rings (SSSR count). The van der Waals surface area contributed by atoms with E-state index in [1.54, 1.807) is 17.4 Å². The topological polar surface area (TPSA) is 68.7 Å². The Morgan fingerprint density at radius 3 is 2.78 bits per heavy atom. The summed E-state index contributed by atoms with van der Waals surface area (Å²) in [4.78, 5) is 32.3. The number of ether oxygens (including phenoxy) is 2. The summed E-state index contributed by atoms with van der Waals surface area (Å²) in [5, 5.41) is 1.41. The maximum atomic E-state index is 13.5. The van der Waals surface area contributed by atoms with Crippen molar-refractivity contribution in [1.29, 1.82) is 0 Å². The number of morpholine rings is 1. The van der Waals surface area contributed by atoms with Gasteiger partial charge in [0.25, 0.3) is 5.91 Å². The summed E-state index contributed by atoms with van der Waals surface area (Å²) in [7, 11) is 1.32.